The Balaban J connectivity index is 1.32. The van der Waals surface area contributed by atoms with Crippen LogP contribution < -0.4 is 5.32 Å². The minimum absolute atomic E-state index is 0.00768. The minimum Gasteiger partial charge on any atom is -0.359 e. The lowest BCUT2D eigenvalue weighted by Gasteiger charge is -2.25. The van der Waals surface area contributed by atoms with E-state index in [4.69, 9.17) is 9.98 Å². The Hall–Kier alpha value is -5.06. The van der Waals surface area contributed by atoms with Crippen molar-refractivity contribution in [3.63, 3.8) is 0 Å². The smallest absolute Gasteiger partial charge is 0.135 e. The Morgan fingerprint density at radius 3 is 2.10 bits per heavy atom. The summed E-state index contributed by atoms with van der Waals surface area (Å²) < 4.78 is 1.20. The third-order valence-corrected chi connectivity index (χ3v) is 8.82. The van der Waals surface area contributed by atoms with Gasteiger partial charge in [0, 0.05) is 16.5 Å². The zero-order valence-electron chi connectivity index (χ0n) is 22.2. The second-order valence-corrected chi connectivity index (χ2v) is 11.3. The number of rotatable bonds is 4. The van der Waals surface area contributed by atoms with Gasteiger partial charge in [0.05, 0.1) is 22.0 Å². The second-order valence-electron chi connectivity index (χ2n) is 10.3. The van der Waals surface area contributed by atoms with Crippen LogP contribution >= 0.6 is 11.3 Å². The molecule has 1 unspecified atom stereocenters. The van der Waals surface area contributed by atoms with E-state index in [0.717, 1.165) is 44.1 Å². The van der Waals surface area contributed by atoms with E-state index in [2.05, 4.69) is 133 Å². The third-order valence-electron chi connectivity index (χ3n) is 7.75. The quantitative estimate of drug-likeness (QED) is 0.225. The van der Waals surface area contributed by atoms with Crippen LogP contribution in [0.1, 0.15) is 22.7 Å². The van der Waals surface area contributed by atoms with Crippen molar-refractivity contribution in [1.82, 2.24) is 10.3 Å². The van der Waals surface area contributed by atoms with Gasteiger partial charge >= 0.3 is 0 Å². The number of aliphatic imine (C=N–C) groups is 1. The summed E-state index contributed by atoms with van der Waals surface area (Å²) in [6, 6.07) is 46.8. The van der Waals surface area contributed by atoms with Crippen molar-refractivity contribution in [2.24, 2.45) is 4.99 Å². The van der Waals surface area contributed by atoms with Crippen LogP contribution in [0.3, 0.4) is 0 Å². The van der Waals surface area contributed by atoms with E-state index in [1.165, 1.54) is 26.4 Å². The van der Waals surface area contributed by atoms with Gasteiger partial charge in [-0.3, -0.25) is 0 Å². The maximum absolute atomic E-state index is 5.19. The van der Waals surface area contributed by atoms with Gasteiger partial charge in [0.15, 0.2) is 0 Å². The molecule has 8 rings (SSSR count). The molecule has 0 amide bonds. The van der Waals surface area contributed by atoms with E-state index in [0.29, 0.717) is 0 Å². The number of hydrogen-bond donors (Lipinski definition) is 1. The molecule has 0 spiro atoms. The van der Waals surface area contributed by atoms with E-state index < -0.39 is 0 Å². The fraction of sp³-hybridized carbons (Fsp3) is 0.0270. The molecule has 0 bridgehead atoms. The van der Waals surface area contributed by atoms with Gasteiger partial charge in [-0.2, -0.15) is 0 Å². The number of amidine groups is 1. The standard InChI is InChI=1S/C37H25N3S/c1-4-11-24(12-5-1)31-23-32(25-13-6-2-7-14-25)39-36(38-31)30-18-10-17-29-28(30)21-19-26-20-22-33-35(34(26)29)40-37(41-33)27-15-8-3-9-16-27/h1-23,31H,(H,38,39). The van der Waals surface area contributed by atoms with E-state index in [1.54, 1.807) is 11.3 Å². The van der Waals surface area contributed by atoms with Crippen LogP contribution in [-0.2, 0) is 0 Å². The molecule has 6 aromatic carbocycles. The Labute approximate surface area is 242 Å². The molecule has 1 aromatic heterocycles. The topological polar surface area (TPSA) is 37.3 Å². The summed E-state index contributed by atoms with van der Waals surface area (Å²) in [6.07, 6.45) is 2.22. The molecule has 0 saturated heterocycles. The van der Waals surface area contributed by atoms with Crippen molar-refractivity contribution in [3.05, 3.63) is 156 Å². The zero-order valence-corrected chi connectivity index (χ0v) is 23.0. The largest absolute Gasteiger partial charge is 0.359 e. The molecule has 2 heterocycles. The normalized spacial score (nSPS) is 15.1. The molecule has 0 radical (unpaired) electrons. The first-order chi connectivity index (χ1) is 20.3. The van der Waals surface area contributed by atoms with Gasteiger partial charge in [0.2, 0.25) is 0 Å². The maximum atomic E-state index is 5.19. The average Bonchev–Trinajstić information content (AvgIpc) is 3.50. The number of nitrogens with one attached hydrogen (secondary N) is 1. The first kappa shape index (κ1) is 23.8. The number of nitrogens with zero attached hydrogens (tertiary/aromatic N) is 2. The van der Waals surface area contributed by atoms with E-state index in [1.807, 2.05) is 12.1 Å². The number of thiazole rings is 1. The summed E-state index contributed by atoms with van der Waals surface area (Å²) in [4.78, 5) is 10.4. The van der Waals surface area contributed by atoms with E-state index in [-0.39, 0.29) is 6.04 Å². The first-order valence-electron chi connectivity index (χ1n) is 13.8. The van der Waals surface area contributed by atoms with Crippen LogP contribution in [0.5, 0.6) is 0 Å². The monoisotopic (exact) mass is 543 g/mol. The molecule has 7 aromatic rings. The fourth-order valence-corrected chi connectivity index (χ4v) is 6.74. The number of aromatic nitrogens is 1. The molecule has 0 fully saturated rings. The van der Waals surface area contributed by atoms with E-state index in [9.17, 15) is 0 Å². The summed E-state index contributed by atoms with van der Waals surface area (Å²) in [5.74, 6) is 0.876. The van der Waals surface area contributed by atoms with Crippen LogP contribution in [0.25, 0.3) is 48.0 Å². The summed E-state index contributed by atoms with van der Waals surface area (Å²) in [5, 5.41) is 9.52. The first-order valence-corrected chi connectivity index (χ1v) is 14.6. The van der Waals surface area contributed by atoms with Gasteiger partial charge in [0.25, 0.3) is 0 Å². The van der Waals surface area contributed by atoms with Crippen molar-refractivity contribution in [2.45, 2.75) is 6.04 Å². The fourth-order valence-electron chi connectivity index (χ4n) is 5.76. The zero-order chi connectivity index (χ0) is 27.2. The summed E-state index contributed by atoms with van der Waals surface area (Å²) >= 11 is 1.75. The van der Waals surface area contributed by atoms with Crippen LogP contribution in [-0.4, -0.2) is 10.8 Å². The second kappa shape index (κ2) is 9.84. The van der Waals surface area contributed by atoms with Gasteiger partial charge in [0.1, 0.15) is 10.8 Å². The Morgan fingerprint density at radius 2 is 1.32 bits per heavy atom. The molecule has 0 aliphatic carbocycles. The van der Waals surface area contributed by atoms with Gasteiger partial charge in [-0.25, -0.2) is 9.98 Å². The summed E-state index contributed by atoms with van der Waals surface area (Å²) in [6.45, 7) is 0. The Morgan fingerprint density at radius 1 is 0.610 bits per heavy atom. The third kappa shape index (κ3) is 4.21. The van der Waals surface area contributed by atoms with Crippen molar-refractivity contribution in [2.75, 3.05) is 0 Å². The van der Waals surface area contributed by atoms with Gasteiger partial charge in [-0.1, -0.05) is 127 Å². The van der Waals surface area contributed by atoms with E-state index >= 15 is 0 Å². The highest BCUT2D eigenvalue weighted by atomic mass is 32.1. The van der Waals surface area contributed by atoms with Crippen molar-refractivity contribution in [1.29, 1.82) is 0 Å². The number of fused-ring (bicyclic) bond motifs is 5. The molecular formula is C37H25N3S. The van der Waals surface area contributed by atoms with Crippen LogP contribution in [0.2, 0.25) is 0 Å². The highest BCUT2D eigenvalue weighted by Crippen LogP contribution is 2.38. The van der Waals surface area contributed by atoms with Crippen molar-refractivity contribution >= 4 is 54.6 Å². The molecule has 0 saturated carbocycles. The van der Waals surface area contributed by atoms with Gasteiger partial charge in [-0.15, -0.1) is 11.3 Å². The predicted octanol–water partition coefficient (Wildman–Crippen LogP) is 9.40. The lowest BCUT2D eigenvalue weighted by atomic mass is 9.95. The van der Waals surface area contributed by atoms with Crippen LogP contribution in [0, 0.1) is 0 Å². The molecule has 1 aliphatic rings. The molecule has 1 N–H and O–H groups in total. The maximum Gasteiger partial charge on any atom is 0.135 e. The molecule has 1 atom stereocenters. The minimum atomic E-state index is 0.00768. The van der Waals surface area contributed by atoms with Crippen LogP contribution in [0.15, 0.2) is 145 Å². The van der Waals surface area contributed by atoms with Crippen molar-refractivity contribution < 1.29 is 0 Å². The van der Waals surface area contributed by atoms with Gasteiger partial charge in [-0.05, 0) is 39.4 Å². The van der Waals surface area contributed by atoms with Crippen LogP contribution in [0.4, 0.5) is 0 Å². The lowest BCUT2D eigenvalue weighted by molar-refractivity contribution is 0.781. The molecule has 3 nitrogen and oxygen atoms in total. The highest BCUT2D eigenvalue weighted by Gasteiger charge is 2.21. The van der Waals surface area contributed by atoms with Gasteiger partial charge < -0.3 is 5.32 Å². The SMILES string of the molecule is C1=C(c2ccccc2)N=C(c2cccc3c2ccc2ccc4sc(-c5ccccc5)nc4c23)NC1c1ccccc1. The Kier molecular flexibility index (Phi) is 5.71. The van der Waals surface area contributed by atoms with Crippen molar-refractivity contribution in [3.8, 4) is 10.6 Å². The molecule has 41 heavy (non-hydrogen) atoms. The number of hydrogen-bond acceptors (Lipinski definition) is 4. The molecule has 4 heteroatoms. The molecular weight excluding hydrogens is 518 g/mol. The summed E-state index contributed by atoms with van der Waals surface area (Å²) in [7, 11) is 0. The Bertz CT molecular complexity index is 2110. The highest BCUT2D eigenvalue weighted by molar-refractivity contribution is 7.21. The predicted molar refractivity (Wildman–Crippen MR) is 173 cm³/mol. The average molecular weight is 544 g/mol. The molecule has 194 valence electrons. The lowest BCUT2D eigenvalue weighted by Crippen LogP contribution is -2.31. The number of benzene rings is 6. The summed E-state index contributed by atoms with van der Waals surface area (Å²) in [5.41, 5.74) is 6.57. The molecule has 1 aliphatic heterocycles.